The Labute approximate surface area is 159 Å². The molecule has 0 aromatic heterocycles. The maximum atomic E-state index is 12.9. The molecule has 1 aromatic rings. The van der Waals surface area contributed by atoms with Gasteiger partial charge < -0.3 is 15.4 Å². The van der Waals surface area contributed by atoms with E-state index in [0.29, 0.717) is 19.6 Å². The predicted molar refractivity (Wildman–Crippen MR) is 99.6 cm³/mol. The van der Waals surface area contributed by atoms with E-state index in [4.69, 9.17) is 4.74 Å². The van der Waals surface area contributed by atoms with Gasteiger partial charge in [0.1, 0.15) is 12.1 Å². The lowest BCUT2D eigenvalue weighted by atomic mass is 9.73. The van der Waals surface area contributed by atoms with Crippen LogP contribution in [0, 0.1) is 5.92 Å². The van der Waals surface area contributed by atoms with Crippen LogP contribution in [0.5, 0.6) is 0 Å². The molecule has 1 saturated carbocycles. The molecule has 146 valence electrons. The largest absolute Gasteiger partial charge is 0.380 e. The number of amides is 4. The standard InChI is InChI=1S/C20H27N3O4/c1-14-6-3-4-9-20(14)18(25)23(19(26)22-20)12-17(24)21-11-15-7-5-8-16(10-15)13-27-2/h5,7-8,10,14H,3-4,6,9,11-13H2,1-2H3,(H,21,24)(H,22,26). The minimum absolute atomic E-state index is 0.0827. The molecule has 1 aromatic carbocycles. The highest BCUT2D eigenvalue weighted by Crippen LogP contribution is 2.38. The zero-order chi connectivity index (χ0) is 19.4. The minimum atomic E-state index is -0.829. The van der Waals surface area contributed by atoms with Crippen molar-refractivity contribution in [1.29, 1.82) is 0 Å². The number of methoxy groups -OCH3 is 1. The van der Waals surface area contributed by atoms with Crippen LogP contribution >= 0.6 is 0 Å². The Morgan fingerprint density at radius 2 is 2.11 bits per heavy atom. The molecule has 1 heterocycles. The van der Waals surface area contributed by atoms with Gasteiger partial charge in [0.25, 0.3) is 5.91 Å². The number of nitrogens with one attached hydrogen (secondary N) is 2. The molecule has 0 radical (unpaired) electrons. The molecule has 2 unspecified atom stereocenters. The van der Waals surface area contributed by atoms with Crippen LogP contribution in [0.25, 0.3) is 0 Å². The predicted octanol–water partition coefficient (Wildman–Crippen LogP) is 1.95. The molecule has 4 amide bonds. The van der Waals surface area contributed by atoms with Gasteiger partial charge >= 0.3 is 6.03 Å². The Kier molecular flexibility index (Phi) is 5.79. The Balaban J connectivity index is 1.58. The van der Waals surface area contributed by atoms with Crippen LogP contribution in [-0.4, -0.2) is 41.9 Å². The molecule has 1 aliphatic carbocycles. The molecular formula is C20H27N3O4. The highest BCUT2D eigenvalue weighted by atomic mass is 16.5. The maximum absolute atomic E-state index is 12.9. The number of carbonyl (C=O) groups is 3. The fourth-order valence-corrected chi connectivity index (χ4v) is 4.04. The Hall–Kier alpha value is -2.41. The topological polar surface area (TPSA) is 87.7 Å². The van der Waals surface area contributed by atoms with E-state index in [1.165, 1.54) is 0 Å². The van der Waals surface area contributed by atoms with Crippen LogP contribution in [0.3, 0.4) is 0 Å². The summed E-state index contributed by atoms with van der Waals surface area (Å²) in [5.41, 5.74) is 1.13. The number of rotatable bonds is 6. The normalized spacial score (nSPS) is 25.0. The number of imide groups is 1. The summed E-state index contributed by atoms with van der Waals surface area (Å²) < 4.78 is 5.11. The van der Waals surface area contributed by atoms with Crippen molar-refractivity contribution in [3.63, 3.8) is 0 Å². The second-order valence-corrected chi connectivity index (χ2v) is 7.47. The van der Waals surface area contributed by atoms with Crippen molar-refractivity contribution < 1.29 is 19.1 Å². The summed E-state index contributed by atoms with van der Waals surface area (Å²) in [5, 5.41) is 5.65. The molecule has 1 aliphatic heterocycles. The first-order valence-electron chi connectivity index (χ1n) is 9.44. The van der Waals surface area contributed by atoms with Crippen LogP contribution in [0.2, 0.25) is 0 Å². The fraction of sp³-hybridized carbons (Fsp3) is 0.550. The molecule has 7 heteroatoms. The molecule has 2 atom stereocenters. The molecule has 2 N–H and O–H groups in total. The van der Waals surface area contributed by atoms with Crippen LogP contribution < -0.4 is 10.6 Å². The quantitative estimate of drug-likeness (QED) is 0.746. The highest BCUT2D eigenvalue weighted by Gasteiger charge is 2.55. The number of hydrogen-bond acceptors (Lipinski definition) is 4. The highest BCUT2D eigenvalue weighted by molar-refractivity contribution is 6.09. The van der Waals surface area contributed by atoms with E-state index >= 15 is 0 Å². The van der Waals surface area contributed by atoms with Crippen molar-refractivity contribution in [3.8, 4) is 0 Å². The van der Waals surface area contributed by atoms with E-state index in [-0.39, 0.29) is 24.3 Å². The van der Waals surface area contributed by atoms with Crippen molar-refractivity contribution in [2.24, 2.45) is 5.92 Å². The molecule has 1 saturated heterocycles. The molecule has 2 aliphatic rings. The summed E-state index contributed by atoms with van der Waals surface area (Å²) in [7, 11) is 1.63. The fourth-order valence-electron chi connectivity index (χ4n) is 4.04. The van der Waals surface area contributed by atoms with E-state index in [1.54, 1.807) is 7.11 Å². The first-order chi connectivity index (χ1) is 13.0. The van der Waals surface area contributed by atoms with Crippen molar-refractivity contribution in [2.75, 3.05) is 13.7 Å². The van der Waals surface area contributed by atoms with Crippen LogP contribution in [-0.2, 0) is 27.5 Å². The van der Waals surface area contributed by atoms with Gasteiger partial charge in [0, 0.05) is 13.7 Å². The van der Waals surface area contributed by atoms with Crippen LogP contribution in [0.1, 0.15) is 43.7 Å². The number of urea groups is 1. The summed E-state index contributed by atoms with van der Waals surface area (Å²) in [6.45, 7) is 2.58. The molecule has 7 nitrogen and oxygen atoms in total. The summed E-state index contributed by atoms with van der Waals surface area (Å²) in [6.07, 6.45) is 3.52. The summed E-state index contributed by atoms with van der Waals surface area (Å²) in [6, 6.07) is 7.25. The van der Waals surface area contributed by atoms with Gasteiger partial charge in [0.15, 0.2) is 0 Å². The lowest BCUT2D eigenvalue weighted by Gasteiger charge is -2.36. The first-order valence-corrected chi connectivity index (χ1v) is 9.44. The van der Waals surface area contributed by atoms with Crippen LogP contribution in [0.15, 0.2) is 24.3 Å². The molecular weight excluding hydrogens is 346 g/mol. The molecule has 2 fully saturated rings. The number of benzene rings is 1. The second-order valence-electron chi connectivity index (χ2n) is 7.47. The zero-order valence-corrected chi connectivity index (χ0v) is 15.9. The van der Waals surface area contributed by atoms with E-state index < -0.39 is 11.6 Å². The summed E-state index contributed by atoms with van der Waals surface area (Å²) in [4.78, 5) is 38.6. The van der Waals surface area contributed by atoms with Crippen molar-refractivity contribution in [1.82, 2.24) is 15.5 Å². The smallest absolute Gasteiger partial charge is 0.325 e. The van der Waals surface area contributed by atoms with E-state index in [1.807, 2.05) is 31.2 Å². The third kappa shape index (κ3) is 3.98. The maximum Gasteiger partial charge on any atom is 0.325 e. The van der Waals surface area contributed by atoms with Gasteiger partial charge in [0.2, 0.25) is 5.91 Å². The van der Waals surface area contributed by atoms with Crippen molar-refractivity contribution in [2.45, 2.75) is 51.3 Å². The lowest BCUT2D eigenvalue weighted by molar-refractivity contribution is -0.137. The first kappa shape index (κ1) is 19.4. The molecule has 0 bridgehead atoms. The van der Waals surface area contributed by atoms with E-state index in [9.17, 15) is 14.4 Å². The number of ether oxygens (including phenoxy) is 1. The van der Waals surface area contributed by atoms with Gasteiger partial charge in [-0.25, -0.2) is 4.79 Å². The van der Waals surface area contributed by atoms with Gasteiger partial charge in [-0.15, -0.1) is 0 Å². The lowest BCUT2D eigenvalue weighted by Crippen LogP contribution is -2.54. The molecule has 3 rings (SSSR count). The monoisotopic (exact) mass is 373 g/mol. The van der Waals surface area contributed by atoms with E-state index in [0.717, 1.165) is 35.3 Å². The molecule has 1 spiro atoms. The Bertz CT molecular complexity index is 736. The van der Waals surface area contributed by atoms with Crippen LogP contribution in [0.4, 0.5) is 4.79 Å². The van der Waals surface area contributed by atoms with Crippen molar-refractivity contribution >= 4 is 17.8 Å². The minimum Gasteiger partial charge on any atom is -0.380 e. The molecule has 27 heavy (non-hydrogen) atoms. The third-order valence-electron chi connectivity index (χ3n) is 5.60. The Morgan fingerprint density at radius 3 is 2.85 bits per heavy atom. The van der Waals surface area contributed by atoms with E-state index in [2.05, 4.69) is 10.6 Å². The summed E-state index contributed by atoms with van der Waals surface area (Å²) in [5.74, 6) is -0.535. The zero-order valence-electron chi connectivity index (χ0n) is 15.9. The summed E-state index contributed by atoms with van der Waals surface area (Å²) >= 11 is 0. The average Bonchev–Trinajstić information content (AvgIpc) is 2.88. The van der Waals surface area contributed by atoms with Gasteiger partial charge in [-0.05, 0) is 29.9 Å². The van der Waals surface area contributed by atoms with Crippen molar-refractivity contribution in [3.05, 3.63) is 35.4 Å². The number of hydrogen-bond donors (Lipinski definition) is 2. The van der Waals surface area contributed by atoms with Gasteiger partial charge in [-0.1, -0.05) is 44.0 Å². The number of nitrogens with zero attached hydrogens (tertiary/aromatic N) is 1. The Morgan fingerprint density at radius 1 is 1.33 bits per heavy atom. The van der Waals surface area contributed by atoms with Gasteiger partial charge in [-0.2, -0.15) is 0 Å². The van der Waals surface area contributed by atoms with Gasteiger partial charge in [0.05, 0.1) is 6.61 Å². The number of carbonyl (C=O) groups excluding carboxylic acids is 3. The second kappa shape index (κ2) is 8.08. The third-order valence-corrected chi connectivity index (χ3v) is 5.60. The SMILES string of the molecule is COCc1cccc(CNC(=O)CN2C(=O)NC3(CCCCC3C)C2=O)c1. The average molecular weight is 373 g/mol. The van der Waals surface area contributed by atoms with Gasteiger partial charge in [-0.3, -0.25) is 14.5 Å².